The first-order valence-corrected chi connectivity index (χ1v) is 22.8. The van der Waals surface area contributed by atoms with Crippen LogP contribution in [0.4, 0.5) is 11.4 Å². The number of rotatable bonds is 19. The van der Waals surface area contributed by atoms with Gasteiger partial charge in [-0.05, 0) is 136 Å². The van der Waals surface area contributed by atoms with E-state index in [9.17, 15) is 69.6 Å². The Hall–Kier alpha value is -0.680. The van der Waals surface area contributed by atoms with Crippen LogP contribution in [0.3, 0.4) is 0 Å². The number of anilines is 2. The fourth-order valence-electron chi connectivity index (χ4n) is 4.80. The van der Waals surface area contributed by atoms with Gasteiger partial charge >= 0.3 is 0 Å². The van der Waals surface area contributed by atoms with Crippen LogP contribution in [0.5, 0.6) is 0 Å². The Morgan fingerprint density at radius 1 is 0.552 bits per heavy atom. The number of halogens is 6. The lowest BCUT2D eigenvalue weighted by atomic mass is 10.1. The molecule has 12 N–H and O–H groups in total. The molecule has 0 saturated heterocycles. The Morgan fingerprint density at radius 3 is 1.26 bits per heavy atom. The Morgan fingerprint density at radius 2 is 0.914 bits per heavy atom. The minimum Gasteiger partial charge on any atom is -0.394 e. The monoisotopic (exact) mass is 1490 g/mol. The molecule has 0 spiro atoms. The summed E-state index contributed by atoms with van der Waals surface area (Å²) in [5.74, 6) is -4.84. The number of carbonyl (C=O) groups is 6. The maximum Gasteiger partial charge on any atom is 0.256 e. The molecule has 0 aliphatic heterocycles. The third-order valence-electron chi connectivity index (χ3n) is 7.77. The van der Waals surface area contributed by atoms with Crippen LogP contribution in [0.2, 0.25) is 0 Å². The molecule has 0 heterocycles. The molecule has 0 radical (unpaired) electrons. The highest BCUT2D eigenvalue weighted by Gasteiger charge is 2.33. The summed E-state index contributed by atoms with van der Waals surface area (Å²) < 4.78 is 0.967. The van der Waals surface area contributed by atoms with Gasteiger partial charge in [0.05, 0.1) is 79.9 Å². The third-order valence-corrected chi connectivity index (χ3v) is 14.2. The van der Waals surface area contributed by atoms with E-state index in [-0.39, 0.29) is 81.2 Å². The number of benzene rings is 2. The van der Waals surface area contributed by atoms with Crippen LogP contribution in [0.25, 0.3) is 0 Å². The van der Waals surface area contributed by atoms with E-state index in [1.165, 1.54) is 14.1 Å². The lowest BCUT2D eigenvalue weighted by molar-refractivity contribution is -0.131. The van der Waals surface area contributed by atoms with Crippen molar-refractivity contribution >= 4 is 182 Å². The van der Waals surface area contributed by atoms with Crippen molar-refractivity contribution in [2.75, 3.05) is 77.3 Å². The smallest absolute Gasteiger partial charge is 0.256 e. The van der Waals surface area contributed by atoms with E-state index in [1.807, 2.05) is 22.6 Å². The maximum atomic E-state index is 13.8. The molecule has 20 nitrogen and oxygen atoms in total. The molecule has 0 aliphatic rings. The number of hydrogen-bond acceptors (Lipinski definition) is 14. The molecule has 0 bridgehead atoms. The zero-order chi connectivity index (χ0) is 44.3. The molecule has 2 aromatic carbocycles. The summed E-state index contributed by atoms with van der Waals surface area (Å²) in [6.45, 7) is -4.08. The number of aliphatic hydroxyl groups excluding tert-OH is 8. The molecule has 2 aromatic rings. The molecule has 0 aromatic heterocycles. The minimum atomic E-state index is -2.09. The predicted molar refractivity (Wildman–Crippen MR) is 257 cm³/mol. The number of carbonyl (C=O) groups excluding carboxylic acids is 6. The molecule has 26 heteroatoms. The van der Waals surface area contributed by atoms with Crippen molar-refractivity contribution in [3.05, 3.63) is 43.7 Å². The van der Waals surface area contributed by atoms with Gasteiger partial charge in [-0.3, -0.25) is 28.8 Å². The predicted octanol–water partition coefficient (Wildman–Crippen LogP) is -1.09. The van der Waals surface area contributed by atoms with Crippen LogP contribution in [-0.2, 0) is 9.59 Å². The second-order valence-corrected chi connectivity index (χ2v) is 18.6. The van der Waals surface area contributed by atoms with E-state index < -0.39 is 86.3 Å². The topological polar surface area (TPSA) is 319 Å². The van der Waals surface area contributed by atoms with Crippen molar-refractivity contribution in [2.45, 2.75) is 24.4 Å². The van der Waals surface area contributed by atoms with Gasteiger partial charge in [0.25, 0.3) is 29.5 Å². The van der Waals surface area contributed by atoms with Crippen molar-refractivity contribution in [1.29, 1.82) is 0 Å². The Kier molecular flexibility index (Phi) is 22.9. The quantitative estimate of drug-likeness (QED) is 0.0588. The van der Waals surface area contributed by atoms with Crippen LogP contribution >= 0.6 is 136 Å². The van der Waals surface area contributed by atoms with Gasteiger partial charge in [-0.1, -0.05) is 0 Å². The lowest BCUT2D eigenvalue weighted by Crippen LogP contribution is -2.41. The summed E-state index contributed by atoms with van der Waals surface area (Å²) in [5, 5.41) is 87.3. The number of amides is 6. The van der Waals surface area contributed by atoms with Crippen LogP contribution < -0.4 is 21.3 Å². The van der Waals surface area contributed by atoms with Gasteiger partial charge in [0.2, 0.25) is 5.91 Å². The van der Waals surface area contributed by atoms with E-state index in [0.717, 1.165) is 9.80 Å². The highest BCUT2D eigenvalue weighted by molar-refractivity contribution is 14.1. The van der Waals surface area contributed by atoms with Gasteiger partial charge in [0, 0.05) is 47.4 Å². The largest absolute Gasteiger partial charge is 0.394 e. The van der Waals surface area contributed by atoms with E-state index in [4.69, 9.17) is 0 Å². The molecule has 4 atom stereocenters. The Bertz CT molecular complexity index is 1910. The molecule has 2 rings (SSSR count). The molecular weight excluding hydrogens is 1450 g/mol. The van der Waals surface area contributed by atoms with E-state index >= 15 is 0 Å². The van der Waals surface area contributed by atoms with Crippen LogP contribution in [0.15, 0.2) is 0 Å². The number of hydrogen-bond donors (Lipinski definition) is 12. The average molecular weight is 1490 g/mol. The normalized spacial score (nSPS) is 13.2. The summed E-state index contributed by atoms with van der Waals surface area (Å²) >= 11 is 10.7. The van der Waals surface area contributed by atoms with Crippen molar-refractivity contribution in [3.63, 3.8) is 0 Å². The zero-order valence-electron chi connectivity index (χ0n) is 30.2. The maximum absolute atomic E-state index is 13.8. The summed E-state index contributed by atoms with van der Waals surface area (Å²) in [6.07, 6.45) is -6.49. The van der Waals surface area contributed by atoms with Crippen LogP contribution in [0, 0.1) is 21.4 Å². The average Bonchev–Trinajstić information content (AvgIpc) is 3.18. The summed E-state index contributed by atoms with van der Waals surface area (Å²) in [4.78, 5) is 82.1. The summed E-state index contributed by atoms with van der Waals surface area (Å²) in [6, 6.07) is 0. The number of nitrogens with one attached hydrogen (secondary N) is 4. The Labute approximate surface area is 412 Å². The van der Waals surface area contributed by atoms with E-state index in [0.29, 0.717) is 0 Å². The summed E-state index contributed by atoms with van der Waals surface area (Å²) in [5.41, 5.74) is -0.271. The van der Waals surface area contributed by atoms with Gasteiger partial charge in [-0.2, -0.15) is 0 Å². The van der Waals surface area contributed by atoms with Crippen LogP contribution in [0.1, 0.15) is 41.4 Å². The molecule has 6 amide bonds. The fraction of sp³-hybridized carbons (Fsp3) is 0.438. The second kappa shape index (κ2) is 24.8. The van der Waals surface area contributed by atoms with Gasteiger partial charge in [0.15, 0.2) is 6.10 Å². The SMILES string of the molecule is CN(CC(O)CO)C(=O)c1c(I)c(NC(=O)CO)c(I)c(C(=O)NCCNC(=O)c2c(I)c(NC(=O)C(O)C(O)CO)c(I)c(C(=O)N(C)CC(O)CO)c2I)c1I. The molecule has 4 unspecified atom stereocenters. The Balaban J connectivity index is 2.53. The first-order chi connectivity index (χ1) is 27.1. The van der Waals surface area contributed by atoms with Crippen molar-refractivity contribution in [2.24, 2.45) is 0 Å². The van der Waals surface area contributed by atoms with Crippen molar-refractivity contribution in [1.82, 2.24) is 20.4 Å². The molecule has 322 valence electrons. The molecule has 0 aliphatic carbocycles. The van der Waals surface area contributed by atoms with Crippen LogP contribution in [-0.4, -0.2) is 177 Å². The summed E-state index contributed by atoms with van der Waals surface area (Å²) in [7, 11) is 2.71. The fourth-order valence-corrected chi connectivity index (χ4v) is 13.6. The number of likely N-dealkylation sites (N-methyl/N-ethyl adjacent to an activating group) is 2. The second-order valence-electron chi connectivity index (χ2n) is 12.1. The van der Waals surface area contributed by atoms with Gasteiger partial charge < -0.3 is 71.9 Å². The first kappa shape index (κ1) is 53.5. The number of nitrogens with zero attached hydrogens (tertiary/aromatic N) is 2. The van der Waals surface area contributed by atoms with Gasteiger partial charge in [-0.15, -0.1) is 0 Å². The lowest BCUT2D eigenvalue weighted by Gasteiger charge is -2.25. The highest BCUT2D eigenvalue weighted by Crippen LogP contribution is 2.38. The molecule has 0 fully saturated rings. The standard InChI is InChI=1S/C32H38I6N6O14/c1-43(5-11(49)7-45)31(57)17-19(33)15(21(35)25(23(17)37)41-14(52)10-48)28(54)39-3-4-40-29(55)16-20(34)18(32(58)44(2)6-12(50)8-46)24(38)26(22(16)36)42-30(56)27(53)13(51)9-47/h11-13,27,45-51,53H,3-10H2,1-2H3,(H,39,54)(H,40,55)(H,41,52)(H,42,56). The molecular formula is C32H38I6N6O14. The van der Waals surface area contributed by atoms with Gasteiger partial charge in [-0.25, -0.2) is 0 Å². The molecule has 58 heavy (non-hydrogen) atoms. The third kappa shape index (κ3) is 13.4. The first-order valence-electron chi connectivity index (χ1n) is 16.4. The number of aliphatic hydroxyl groups is 8. The van der Waals surface area contributed by atoms with Gasteiger partial charge in [0.1, 0.15) is 12.7 Å². The zero-order valence-corrected chi connectivity index (χ0v) is 43.1. The molecule has 0 saturated carbocycles. The van der Waals surface area contributed by atoms with Crippen molar-refractivity contribution in [3.8, 4) is 0 Å². The van der Waals surface area contributed by atoms with E-state index in [2.05, 4.69) is 21.3 Å². The minimum absolute atomic E-state index is 0.00745. The van der Waals surface area contributed by atoms with E-state index in [1.54, 1.807) is 113 Å². The highest BCUT2D eigenvalue weighted by atomic mass is 127. The van der Waals surface area contributed by atoms with Crippen molar-refractivity contribution < 1.29 is 69.6 Å².